The number of nitrogens with one attached hydrogen (secondary N) is 3. The zero-order valence-electron chi connectivity index (χ0n) is 14.3. The highest BCUT2D eigenvalue weighted by Gasteiger charge is 2.43. The number of anilines is 1. The molecule has 0 aliphatic carbocycles. The zero-order valence-corrected chi connectivity index (χ0v) is 15.1. The predicted octanol–water partition coefficient (Wildman–Crippen LogP) is 1.38. The zero-order chi connectivity index (χ0) is 19.2. The third-order valence-electron chi connectivity index (χ3n) is 4.00. The Morgan fingerprint density at radius 1 is 1.30 bits per heavy atom. The molecule has 0 aromatic heterocycles. The number of nitrogens with zero attached hydrogens (tertiary/aromatic N) is 2. The van der Waals surface area contributed by atoms with Gasteiger partial charge in [0, 0.05) is 38.8 Å². The van der Waals surface area contributed by atoms with E-state index >= 15 is 0 Å². The second kappa shape index (κ2) is 10.3. The van der Waals surface area contributed by atoms with Crippen LogP contribution in [0.1, 0.15) is 0 Å². The lowest BCUT2D eigenvalue weighted by molar-refractivity contribution is -0.383. The Kier molecular flexibility index (Phi) is 8.73. The SMILES string of the molecule is Cl.O=C(CNc1ccccc1[N+](=O)[O-])NCC(N1CCNCC1)C(F)(F)F. The number of hydrogen-bond donors (Lipinski definition) is 3. The van der Waals surface area contributed by atoms with Crippen molar-refractivity contribution in [1.29, 1.82) is 0 Å². The van der Waals surface area contributed by atoms with Gasteiger partial charge in [-0.25, -0.2) is 0 Å². The van der Waals surface area contributed by atoms with Crippen molar-refractivity contribution in [1.82, 2.24) is 15.5 Å². The third kappa shape index (κ3) is 6.85. The van der Waals surface area contributed by atoms with Crippen LogP contribution >= 0.6 is 12.4 Å². The van der Waals surface area contributed by atoms with Gasteiger partial charge >= 0.3 is 6.18 Å². The van der Waals surface area contributed by atoms with E-state index in [2.05, 4.69) is 16.0 Å². The number of amides is 1. The van der Waals surface area contributed by atoms with Crippen LogP contribution in [0.25, 0.3) is 0 Å². The molecule has 1 aliphatic rings. The molecule has 12 heteroatoms. The average Bonchev–Trinajstić information content (AvgIpc) is 2.60. The molecule has 0 spiro atoms. The molecule has 1 atom stereocenters. The summed E-state index contributed by atoms with van der Waals surface area (Å²) < 4.78 is 39.7. The molecule has 0 radical (unpaired) electrons. The molecular weight excluding hydrogens is 391 g/mol. The first-order chi connectivity index (χ1) is 12.3. The molecule has 1 unspecified atom stereocenters. The molecular formula is C15H21ClF3N5O3. The first-order valence-corrected chi connectivity index (χ1v) is 8.04. The van der Waals surface area contributed by atoms with E-state index in [1.165, 1.54) is 23.1 Å². The number of carbonyl (C=O) groups excluding carboxylic acids is 1. The first kappa shape index (κ1) is 22.9. The van der Waals surface area contributed by atoms with Gasteiger partial charge in [-0.3, -0.25) is 19.8 Å². The number of nitro groups is 1. The van der Waals surface area contributed by atoms with Crippen molar-refractivity contribution < 1.29 is 22.9 Å². The smallest absolute Gasteiger partial charge is 0.371 e. The van der Waals surface area contributed by atoms with Gasteiger partial charge in [0.15, 0.2) is 0 Å². The highest BCUT2D eigenvalue weighted by molar-refractivity contribution is 5.85. The van der Waals surface area contributed by atoms with Gasteiger partial charge in [-0.2, -0.15) is 13.2 Å². The lowest BCUT2D eigenvalue weighted by Crippen LogP contribution is -2.57. The number of piperazine rings is 1. The number of rotatable bonds is 7. The largest absolute Gasteiger partial charge is 0.405 e. The van der Waals surface area contributed by atoms with Gasteiger partial charge in [0.2, 0.25) is 5.91 Å². The van der Waals surface area contributed by atoms with Crippen LogP contribution in [0.15, 0.2) is 24.3 Å². The Labute approximate surface area is 160 Å². The summed E-state index contributed by atoms with van der Waals surface area (Å²) in [6, 6.07) is 3.96. The summed E-state index contributed by atoms with van der Waals surface area (Å²) in [7, 11) is 0. The summed E-state index contributed by atoms with van der Waals surface area (Å²) in [4.78, 5) is 23.4. The summed E-state index contributed by atoms with van der Waals surface area (Å²) >= 11 is 0. The minimum absolute atomic E-state index is 0. The van der Waals surface area contributed by atoms with Crippen LogP contribution in [0.5, 0.6) is 0 Å². The normalized spacial score (nSPS) is 16.1. The fourth-order valence-corrected chi connectivity index (χ4v) is 2.68. The topological polar surface area (TPSA) is 99.5 Å². The van der Waals surface area contributed by atoms with Crippen molar-refractivity contribution in [2.24, 2.45) is 0 Å². The lowest BCUT2D eigenvalue weighted by atomic mass is 10.2. The van der Waals surface area contributed by atoms with Gasteiger partial charge in [-0.1, -0.05) is 12.1 Å². The molecule has 0 bridgehead atoms. The van der Waals surface area contributed by atoms with Gasteiger partial charge in [-0.15, -0.1) is 12.4 Å². The molecule has 3 N–H and O–H groups in total. The van der Waals surface area contributed by atoms with E-state index in [4.69, 9.17) is 0 Å². The molecule has 0 saturated carbocycles. The van der Waals surface area contributed by atoms with E-state index in [0.29, 0.717) is 13.1 Å². The second-order valence-corrected chi connectivity index (χ2v) is 5.78. The van der Waals surface area contributed by atoms with Crippen molar-refractivity contribution in [2.45, 2.75) is 12.2 Å². The maximum absolute atomic E-state index is 13.2. The van der Waals surface area contributed by atoms with Crippen molar-refractivity contribution >= 4 is 29.7 Å². The van der Waals surface area contributed by atoms with Crippen LogP contribution in [-0.2, 0) is 4.79 Å². The van der Waals surface area contributed by atoms with Crippen LogP contribution in [0.2, 0.25) is 0 Å². The monoisotopic (exact) mass is 411 g/mol. The molecule has 1 heterocycles. The van der Waals surface area contributed by atoms with Gasteiger partial charge < -0.3 is 16.0 Å². The molecule has 27 heavy (non-hydrogen) atoms. The Bertz CT molecular complexity index is 641. The number of para-hydroxylation sites is 2. The van der Waals surface area contributed by atoms with E-state index in [9.17, 15) is 28.1 Å². The van der Waals surface area contributed by atoms with Crippen LogP contribution in [-0.4, -0.2) is 67.2 Å². The quantitative estimate of drug-likeness (QED) is 0.463. The Hall–Kier alpha value is -2.11. The number of benzene rings is 1. The fourth-order valence-electron chi connectivity index (χ4n) is 2.68. The molecule has 1 fully saturated rings. The van der Waals surface area contributed by atoms with Gasteiger partial charge in [0.1, 0.15) is 11.7 Å². The molecule has 152 valence electrons. The standard InChI is InChI=1S/C15H20F3N5O3.ClH/c16-15(17,18)13(22-7-5-19-6-8-22)9-21-14(24)10-20-11-3-1-2-4-12(11)23(25)26;/h1-4,13,19-20H,5-10H2,(H,21,24);1H. The summed E-state index contributed by atoms with van der Waals surface area (Å²) in [5.41, 5.74) is -0.0867. The van der Waals surface area contributed by atoms with E-state index in [1.54, 1.807) is 6.07 Å². The second-order valence-electron chi connectivity index (χ2n) is 5.78. The minimum atomic E-state index is -4.46. The molecule has 1 aromatic carbocycles. The molecule has 1 amide bonds. The first-order valence-electron chi connectivity index (χ1n) is 8.04. The summed E-state index contributed by atoms with van der Waals surface area (Å²) in [6.45, 7) is 0.473. The van der Waals surface area contributed by atoms with Gasteiger partial charge in [0.25, 0.3) is 5.69 Å². The fraction of sp³-hybridized carbons (Fsp3) is 0.533. The summed E-state index contributed by atoms with van der Waals surface area (Å²) in [5, 5.41) is 18.7. The van der Waals surface area contributed by atoms with Crippen molar-refractivity contribution in [3.63, 3.8) is 0 Å². The van der Waals surface area contributed by atoms with Gasteiger partial charge in [-0.05, 0) is 6.07 Å². The van der Waals surface area contributed by atoms with Crippen LogP contribution in [0, 0.1) is 10.1 Å². The highest BCUT2D eigenvalue weighted by atomic mass is 35.5. The number of halogens is 4. The minimum Gasteiger partial charge on any atom is -0.371 e. The molecule has 1 saturated heterocycles. The summed E-state index contributed by atoms with van der Waals surface area (Å²) in [6.07, 6.45) is -4.46. The number of carbonyl (C=O) groups is 1. The number of alkyl halides is 3. The lowest BCUT2D eigenvalue weighted by Gasteiger charge is -2.35. The molecule has 1 aromatic rings. The van der Waals surface area contributed by atoms with Crippen molar-refractivity contribution in [2.75, 3.05) is 44.6 Å². The molecule has 8 nitrogen and oxygen atoms in total. The van der Waals surface area contributed by atoms with E-state index in [-0.39, 0.29) is 43.4 Å². The Morgan fingerprint density at radius 3 is 2.52 bits per heavy atom. The Morgan fingerprint density at radius 2 is 1.93 bits per heavy atom. The maximum atomic E-state index is 13.2. The van der Waals surface area contributed by atoms with E-state index < -0.39 is 29.6 Å². The van der Waals surface area contributed by atoms with Crippen LogP contribution < -0.4 is 16.0 Å². The Balaban J connectivity index is 0.00000364. The third-order valence-corrected chi connectivity index (χ3v) is 4.00. The highest BCUT2D eigenvalue weighted by Crippen LogP contribution is 2.25. The average molecular weight is 412 g/mol. The molecule has 2 rings (SSSR count). The molecule has 1 aliphatic heterocycles. The number of nitro benzene ring substituents is 1. The number of hydrogen-bond acceptors (Lipinski definition) is 6. The maximum Gasteiger partial charge on any atom is 0.405 e. The predicted molar refractivity (Wildman–Crippen MR) is 96.1 cm³/mol. The summed E-state index contributed by atoms with van der Waals surface area (Å²) in [5.74, 6) is -0.674. The van der Waals surface area contributed by atoms with E-state index in [0.717, 1.165) is 0 Å². The van der Waals surface area contributed by atoms with Gasteiger partial charge in [0.05, 0.1) is 11.5 Å². The van der Waals surface area contributed by atoms with Crippen LogP contribution in [0.3, 0.4) is 0 Å². The van der Waals surface area contributed by atoms with E-state index in [1.807, 2.05) is 0 Å². The van der Waals surface area contributed by atoms with Crippen molar-refractivity contribution in [3.05, 3.63) is 34.4 Å². The van der Waals surface area contributed by atoms with Crippen LogP contribution in [0.4, 0.5) is 24.5 Å². The van der Waals surface area contributed by atoms with Crippen molar-refractivity contribution in [3.8, 4) is 0 Å².